The number of carbonyl (C=O) groups is 3. The molecule has 0 heterocycles. The number of nitrogens with one attached hydrogen (secondary N) is 1. The number of ketones is 3. The summed E-state index contributed by atoms with van der Waals surface area (Å²) in [5.41, 5.74) is 0.877. The first-order valence-electron chi connectivity index (χ1n) is 7.92. The minimum atomic E-state index is -1.10. The average Bonchev–Trinajstić information content (AvgIpc) is 2.45. The standard InChI is InChI=1S/C19H23NO3/c1-19(2)12-16(22)18(17(23)13-19)15(21)9-11-20-10-8-14-6-4-3-5-7-14/h3-7,9,11,18,20H,8,10,12-13H2,1-2H3/b11-9+. The van der Waals surface area contributed by atoms with Crippen LogP contribution in [0.2, 0.25) is 0 Å². The van der Waals surface area contributed by atoms with Crippen LogP contribution in [0.1, 0.15) is 32.3 Å². The van der Waals surface area contributed by atoms with Gasteiger partial charge in [0.15, 0.2) is 17.3 Å². The van der Waals surface area contributed by atoms with Crippen molar-refractivity contribution in [3.8, 4) is 0 Å². The fourth-order valence-corrected chi connectivity index (χ4v) is 2.89. The third kappa shape index (κ3) is 4.88. The van der Waals surface area contributed by atoms with Gasteiger partial charge in [0, 0.05) is 25.6 Å². The summed E-state index contributed by atoms with van der Waals surface area (Å²) in [6.07, 6.45) is 4.25. The fraction of sp³-hybridized carbons (Fsp3) is 0.421. The molecule has 0 atom stereocenters. The highest BCUT2D eigenvalue weighted by Crippen LogP contribution is 2.34. The van der Waals surface area contributed by atoms with Gasteiger partial charge in [-0.05, 0) is 23.5 Å². The number of hydrogen-bond acceptors (Lipinski definition) is 4. The lowest BCUT2D eigenvalue weighted by atomic mass is 9.70. The summed E-state index contributed by atoms with van der Waals surface area (Å²) >= 11 is 0. The Hall–Kier alpha value is -2.23. The Labute approximate surface area is 137 Å². The Morgan fingerprint density at radius 1 is 1.17 bits per heavy atom. The zero-order chi connectivity index (χ0) is 16.9. The molecule has 1 fully saturated rings. The summed E-state index contributed by atoms with van der Waals surface area (Å²) in [4.78, 5) is 36.2. The molecule has 0 saturated heterocycles. The van der Waals surface area contributed by atoms with Gasteiger partial charge < -0.3 is 5.32 Å². The average molecular weight is 313 g/mol. The van der Waals surface area contributed by atoms with Crippen molar-refractivity contribution in [1.82, 2.24) is 5.32 Å². The van der Waals surface area contributed by atoms with Crippen LogP contribution in [0.15, 0.2) is 42.6 Å². The maximum atomic E-state index is 12.1. The molecule has 0 spiro atoms. The minimum absolute atomic E-state index is 0.259. The Bertz CT molecular complexity index is 597. The number of rotatable bonds is 6. The lowest BCUT2D eigenvalue weighted by Crippen LogP contribution is -2.41. The van der Waals surface area contributed by atoms with Crippen LogP contribution in [0.25, 0.3) is 0 Å². The fourth-order valence-electron chi connectivity index (χ4n) is 2.89. The lowest BCUT2D eigenvalue weighted by Gasteiger charge is -2.30. The van der Waals surface area contributed by atoms with E-state index >= 15 is 0 Å². The molecule has 4 heteroatoms. The lowest BCUT2D eigenvalue weighted by molar-refractivity contribution is -0.143. The molecule has 1 aromatic rings. The van der Waals surface area contributed by atoms with Crippen molar-refractivity contribution >= 4 is 17.3 Å². The van der Waals surface area contributed by atoms with Crippen LogP contribution in [-0.2, 0) is 20.8 Å². The molecule has 0 radical (unpaired) electrons. The molecule has 23 heavy (non-hydrogen) atoms. The normalized spacial score (nSPS) is 18.3. The molecule has 0 unspecified atom stereocenters. The van der Waals surface area contributed by atoms with Gasteiger partial charge in [-0.3, -0.25) is 14.4 Å². The molecule has 1 aromatic carbocycles. The second-order valence-corrected chi connectivity index (χ2v) is 6.81. The van der Waals surface area contributed by atoms with Crippen molar-refractivity contribution in [2.24, 2.45) is 11.3 Å². The van der Waals surface area contributed by atoms with E-state index in [-0.39, 0.29) is 29.8 Å². The molecular weight excluding hydrogens is 290 g/mol. The first-order valence-corrected chi connectivity index (χ1v) is 7.92. The molecule has 1 saturated carbocycles. The van der Waals surface area contributed by atoms with Gasteiger partial charge in [-0.2, -0.15) is 0 Å². The van der Waals surface area contributed by atoms with E-state index < -0.39 is 11.7 Å². The maximum absolute atomic E-state index is 12.1. The van der Waals surface area contributed by atoms with Crippen LogP contribution in [0.4, 0.5) is 0 Å². The molecule has 1 aliphatic rings. The summed E-state index contributed by atoms with van der Waals surface area (Å²) in [5.74, 6) is -2.03. The zero-order valence-electron chi connectivity index (χ0n) is 13.7. The van der Waals surface area contributed by atoms with E-state index in [0.29, 0.717) is 6.54 Å². The van der Waals surface area contributed by atoms with Crippen LogP contribution in [-0.4, -0.2) is 23.9 Å². The maximum Gasteiger partial charge on any atom is 0.175 e. The van der Waals surface area contributed by atoms with Crippen LogP contribution in [0.5, 0.6) is 0 Å². The minimum Gasteiger partial charge on any atom is -0.390 e. The number of carbonyl (C=O) groups excluding carboxylic acids is 3. The third-order valence-electron chi connectivity index (χ3n) is 4.00. The summed E-state index contributed by atoms with van der Waals surface area (Å²) in [6.45, 7) is 4.45. The van der Waals surface area contributed by atoms with Crippen LogP contribution in [0, 0.1) is 11.3 Å². The van der Waals surface area contributed by atoms with E-state index in [4.69, 9.17) is 0 Å². The second kappa shape index (κ2) is 7.36. The quantitative estimate of drug-likeness (QED) is 0.498. The van der Waals surface area contributed by atoms with Crippen molar-refractivity contribution in [2.45, 2.75) is 33.1 Å². The number of hydrogen-bond donors (Lipinski definition) is 1. The summed E-state index contributed by atoms with van der Waals surface area (Å²) in [6, 6.07) is 10.0. The molecule has 2 rings (SSSR count). The van der Waals surface area contributed by atoms with Crippen molar-refractivity contribution in [3.05, 3.63) is 48.2 Å². The highest BCUT2D eigenvalue weighted by Gasteiger charge is 2.42. The van der Waals surface area contributed by atoms with Crippen LogP contribution < -0.4 is 5.32 Å². The SMILES string of the molecule is CC1(C)CC(=O)C(C(=O)/C=C/NCCc2ccccc2)C(=O)C1. The van der Waals surface area contributed by atoms with E-state index in [1.807, 2.05) is 44.2 Å². The van der Waals surface area contributed by atoms with Crippen LogP contribution >= 0.6 is 0 Å². The van der Waals surface area contributed by atoms with E-state index in [1.165, 1.54) is 17.8 Å². The number of Topliss-reactive ketones (excluding diaryl/α,β-unsaturated/α-hetero) is 2. The molecule has 1 aliphatic carbocycles. The predicted molar refractivity (Wildman–Crippen MR) is 88.8 cm³/mol. The summed E-state index contributed by atoms with van der Waals surface area (Å²) in [5, 5.41) is 3.03. The predicted octanol–water partition coefficient (Wildman–Crippen LogP) is 2.48. The van der Waals surface area contributed by atoms with Crippen molar-refractivity contribution in [2.75, 3.05) is 6.54 Å². The Morgan fingerprint density at radius 2 is 1.78 bits per heavy atom. The van der Waals surface area contributed by atoms with Gasteiger partial charge in [0.05, 0.1) is 0 Å². The van der Waals surface area contributed by atoms with Crippen molar-refractivity contribution in [1.29, 1.82) is 0 Å². The smallest absolute Gasteiger partial charge is 0.175 e. The molecule has 1 N–H and O–H groups in total. The van der Waals surface area contributed by atoms with E-state index in [0.717, 1.165) is 6.42 Å². The van der Waals surface area contributed by atoms with E-state index in [1.54, 1.807) is 0 Å². The molecule has 0 aliphatic heterocycles. The zero-order valence-corrected chi connectivity index (χ0v) is 13.7. The molecule has 0 aromatic heterocycles. The highest BCUT2D eigenvalue weighted by molar-refractivity contribution is 6.23. The van der Waals surface area contributed by atoms with Crippen molar-refractivity contribution in [3.63, 3.8) is 0 Å². The molecular formula is C19H23NO3. The Balaban J connectivity index is 1.82. The molecule has 122 valence electrons. The second-order valence-electron chi connectivity index (χ2n) is 6.81. The Kier molecular flexibility index (Phi) is 5.48. The van der Waals surface area contributed by atoms with Gasteiger partial charge >= 0.3 is 0 Å². The third-order valence-corrected chi connectivity index (χ3v) is 4.00. The largest absolute Gasteiger partial charge is 0.390 e. The monoisotopic (exact) mass is 313 g/mol. The number of allylic oxidation sites excluding steroid dienone is 1. The van der Waals surface area contributed by atoms with Gasteiger partial charge in [-0.1, -0.05) is 44.2 Å². The first kappa shape index (κ1) is 17.1. The number of benzene rings is 1. The Morgan fingerprint density at radius 3 is 2.39 bits per heavy atom. The van der Waals surface area contributed by atoms with E-state index in [2.05, 4.69) is 5.32 Å². The first-order chi connectivity index (χ1) is 10.9. The molecule has 0 bridgehead atoms. The molecule has 0 amide bonds. The van der Waals surface area contributed by atoms with Gasteiger partial charge in [0.2, 0.25) is 0 Å². The molecule has 4 nitrogen and oxygen atoms in total. The summed E-state index contributed by atoms with van der Waals surface area (Å²) < 4.78 is 0. The van der Waals surface area contributed by atoms with Crippen molar-refractivity contribution < 1.29 is 14.4 Å². The van der Waals surface area contributed by atoms with Gasteiger partial charge in [-0.25, -0.2) is 0 Å². The van der Waals surface area contributed by atoms with Gasteiger partial charge in [0.25, 0.3) is 0 Å². The van der Waals surface area contributed by atoms with E-state index in [9.17, 15) is 14.4 Å². The van der Waals surface area contributed by atoms with Gasteiger partial charge in [0.1, 0.15) is 5.92 Å². The van der Waals surface area contributed by atoms with Gasteiger partial charge in [-0.15, -0.1) is 0 Å². The van der Waals surface area contributed by atoms with Crippen LogP contribution in [0.3, 0.4) is 0 Å². The summed E-state index contributed by atoms with van der Waals surface area (Å²) in [7, 11) is 0. The topological polar surface area (TPSA) is 63.2 Å². The highest BCUT2D eigenvalue weighted by atomic mass is 16.2.